The summed E-state index contributed by atoms with van der Waals surface area (Å²) < 4.78 is 0.539. The van der Waals surface area contributed by atoms with E-state index in [2.05, 4.69) is 35.4 Å². The van der Waals surface area contributed by atoms with Gasteiger partial charge in [0.25, 0.3) is 0 Å². The summed E-state index contributed by atoms with van der Waals surface area (Å²) in [5.41, 5.74) is 0. The van der Waals surface area contributed by atoms with Crippen LogP contribution >= 0.6 is 22.6 Å². The third-order valence-corrected chi connectivity index (χ3v) is 3.11. The number of amides is 1. The predicted molar refractivity (Wildman–Crippen MR) is 65.8 cm³/mol. The Morgan fingerprint density at radius 1 is 1.64 bits per heavy atom. The van der Waals surface area contributed by atoms with E-state index in [-0.39, 0.29) is 6.54 Å². The largest absolute Gasteiger partial charge is 0.465 e. The fourth-order valence-corrected chi connectivity index (χ4v) is 2.01. The Morgan fingerprint density at radius 3 is 2.71 bits per heavy atom. The van der Waals surface area contributed by atoms with E-state index in [4.69, 9.17) is 11.5 Å². The number of carbonyl (C=O) groups is 1. The molecule has 1 atom stereocenters. The molecule has 4 heteroatoms. The Hall–Kier alpha value is -0.440. The molecule has 1 unspecified atom stereocenters. The van der Waals surface area contributed by atoms with E-state index in [0.29, 0.717) is 10.5 Å². The molecule has 0 saturated heterocycles. The highest BCUT2D eigenvalue weighted by Crippen LogP contribution is 2.13. The van der Waals surface area contributed by atoms with E-state index in [1.165, 1.54) is 4.90 Å². The van der Waals surface area contributed by atoms with Crippen LogP contribution in [0.4, 0.5) is 4.79 Å². The second kappa shape index (κ2) is 7.92. The van der Waals surface area contributed by atoms with Gasteiger partial charge in [-0.1, -0.05) is 41.9 Å². The molecule has 0 aromatic rings. The van der Waals surface area contributed by atoms with Crippen molar-refractivity contribution in [2.75, 3.05) is 13.1 Å². The predicted octanol–water partition coefficient (Wildman–Crippen LogP) is 2.59. The summed E-state index contributed by atoms with van der Waals surface area (Å²) in [7, 11) is 0. The monoisotopic (exact) mass is 309 g/mol. The number of halogens is 1. The summed E-state index contributed by atoms with van der Waals surface area (Å²) in [5, 5.41) is 8.78. The molecule has 0 fully saturated rings. The quantitative estimate of drug-likeness (QED) is 0.465. The fourth-order valence-electron chi connectivity index (χ4n) is 1.11. The zero-order valence-corrected chi connectivity index (χ0v) is 10.5. The maximum absolute atomic E-state index is 10.7. The fraction of sp³-hybridized carbons (Fsp3) is 0.700. The lowest BCUT2D eigenvalue weighted by Crippen LogP contribution is -2.31. The van der Waals surface area contributed by atoms with Crippen LogP contribution in [0.3, 0.4) is 0 Å². The van der Waals surface area contributed by atoms with E-state index >= 15 is 0 Å². The number of hydrogen-bond donors (Lipinski definition) is 1. The van der Waals surface area contributed by atoms with Gasteiger partial charge in [0.15, 0.2) is 0 Å². The first kappa shape index (κ1) is 13.6. The van der Waals surface area contributed by atoms with E-state index in [9.17, 15) is 4.79 Å². The topological polar surface area (TPSA) is 40.5 Å². The summed E-state index contributed by atoms with van der Waals surface area (Å²) in [6.07, 6.45) is 7.29. The number of terminal acetylenes is 1. The smallest absolute Gasteiger partial charge is 0.408 e. The molecular weight excluding hydrogens is 293 g/mol. The van der Waals surface area contributed by atoms with Gasteiger partial charge in [-0.25, -0.2) is 4.79 Å². The van der Waals surface area contributed by atoms with Gasteiger partial charge in [-0.2, -0.15) is 0 Å². The average Bonchev–Trinajstić information content (AvgIpc) is 2.12. The van der Waals surface area contributed by atoms with Crippen LogP contribution in [0.5, 0.6) is 0 Å². The highest BCUT2D eigenvalue weighted by atomic mass is 127. The Bertz CT molecular complexity index is 213. The molecule has 0 aromatic carbocycles. The van der Waals surface area contributed by atoms with E-state index < -0.39 is 6.09 Å². The van der Waals surface area contributed by atoms with Crippen LogP contribution in [0.1, 0.15) is 26.2 Å². The highest BCUT2D eigenvalue weighted by Gasteiger charge is 2.11. The minimum Gasteiger partial charge on any atom is -0.465 e. The second-order valence-corrected chi connectivity index (χ2v) is 4.84. The van der Waals surface area contributed by atoms with Gasteiger partial charge < -0.3 is 5.11 Å². The number of alkyl halides is 1. The van der Waals surface area contributed by atoms with Gasteiger partial charge in [0.2, 0.25) is 0 Å². The number of hydrogen-bond acceptors (Lipinski definition) is 1. The van der Waals surface area contributed by atoms with Gasteiger partial charge in [-0.15, -0.1) is 6.42 Å². The number of carboxylic acid groups (broad SMARTS) is 1. The molecule has 1 amide bonds. The Labute approximate surface area is 99.0 Å². The van der Waals surface area contributed by atoms with Gasteiger partial charge >= 0.3 is 6.09 Å². The maximum Gasteiger partial charge on any atom is 0.408 e. The van der Waals surface area contributed by atoms with E-state index in [1.807, 2.05) is 0 Å². The third-order valence-electron chi connectivity index (χ3n) is 1.87. The molecule has 0 radical (unpaired) electrons. The van der Waals surface area contributed by atoms with E-state index in [1.54, 1.807) is 0 Å². The van der Waals surface area contributed by atoms with Gasteiger partial charge in [-0.3, -0.25) is 4.90 Å². The molecule has 0 rings (SSSR count). The van der Waals surface area contributed by atoms with Crippen molar-refractivity contribution in [3.05, 3.63) is 0 Å². The highest BCUT2D eigenvalue weighted by molar-refractivity contribution is 14.1. The molecule has 0 aliphatic carbocycles. The van der Waals surface area contributed by atoms with Crippen LogP contribution in [-0.2, 0) is 0 Å². The Balaban J connectivity index is 3.82. The van der Waals surface area contributed by atoms with Crippen molar-refractivity contribution in [3.63, 3.8) is 0 Å². The van der Waals surface area contributed by atoms with Crippen molar-refractivity contribution in [2.24, 2.45) is 0 Å². The van der Waals surface area contributed by atoms with Crippen LogP contribution in [0.25, 0.3) is 0 Å². The zero-order valence-electron chi connectivity index (χ0n) is 8.37. The van der Waals surface area contributed by atoms with Gasteiger partial charge in [0.1, 0.15) is 0 Å². The molecule has 0 aromatic heterocycles. The van der Waals surface area contributed by atoms with Crippen LogP contribution in [0, 0.1) is 12.3 Å². The molecule has 0 aliphatic heterocycles. The molecule has 80 valence electrons. The van der Waals surface area contributed by atoms with Gasteiger partial charge in [0.05, 0.1) is 6.54 Å². The molecule has 0 bridgehead atoms. The summed E-state index contributed by atoms with van der Waals surface area (Å²) in [6, 6.07) is 0. The summed E-state index contributed by atoms with van der Waals surface area (Å²) in [4.78, 5) is 12.0. The molecule has 0 aliphatic rings. The first-order valence-electron chi connectivity index (χ1n) is 4.67. The van der Waals surface area contributed by atoms with Crippen LogP contribution in [0.15, 0.2) is 0 Å². The van der Waals surface area contributed by atoms with Crippen molar-refractivity contribution in [2.45, 2.75) is 30.1 Å². The average molecular weight is 309 g/mol. The molecular formula is C10H16INO2. The lowest BCUT2D eigenvalue weighted by atomic mass is 10.2. The van der Waals surface area contributed by atoms with Crippen molar-refractivity contribution in [1.82, 2.24) is 4.90 Å². The third kappa shape index (κ3) is 6.08. The zero-order chi connectivity index (χ0) is 11.0. The normalized spacial score (nSPS) is 11.8. The maximum atomic E-state index is 10.7. The molecule has 0 heterocycles. The van der Waals surface area contributed by atoms with Gasteiger partial charge in [0, 0.05) is 10.5 Å². The van der Waals surface area contributed by atoms with Gasteiger partial charge in [-0.05, 0) is 12.8 Å². The Morgan fingerprint density at radius 2 is 2.29 bits per heavy atom. The van der Waals surface area contributed by atoms with E-state index in [0.717, 1.165) is 19.3 Å². The molecule has 3 nitrogen and oxygen atoms in total. The SMILES string of the molecule is C#CCN(CCC(I)CCC)C(=O)O. The van der Waals surface area contributed by atoms with Crippen LogP contribution in [-0.4, -0.2) is 33.1 Å². The Kier molecular flexibility index (Phi) is 7.67. The standard InChI is InChI=1S/C10H16INO2/c1-3-5-9(11)6-8-12(7-4-2)10(13)14/h2,9H,3,5-8H2,1H3,(H,13,14). The van der Waals surface area contributed by atoms with Crippen molar-refractivity contribution < 1.29 is 9.90 Å². The lowest BCUT2D eigenvalue weighted by molar-refractivity contribution is 0.150. The summed E-state index contributed by atoms with van der Waals surface area (Å²) >= 11 is 2.36. The van der Waals surface area contributed by atoms with Crippen LogP contribution < -0.4 is 0 Å². The lowest BCUT2D eigenvalue weighted by Gasteiger charge is -2.17. The second-order valence-electron chi connectivity index (χ2n) is 3.08. The minimum atomic E-state index is -0.928. The first-order chi connectivity index (χ1) is 6.61. The van der Waals surface area contributed by atoms with Crippen LogP contribution in [0.2, 0.25) is 0 Å². The number of rotatable bonds is 6. The molecule has 0 saturated carbocycles. The first-order valence-corrected chi connectivity index (χ1v) is 5.91. The minimum absolute atomic E-state index is 0.185. The van der Waals surface area contributed by atoms with Crippen molar-refractivity contribution in [1.29, 1.82) is 0 Å². The van der Waals surface area contributed by atoms with Crippen molar-refractivity contribution >= 4 is 28.7 Å². The van der Waals surface area contributed by atoms with Crippen molar-refractivity contribution in [3.8, 4) is 12.3 Å². The molecule has 1 N–H and O–H groups in total. The summed E-state index contributed by atoms with van der Waals surface area (Å²) in [6.45, 7) is 2.85. The molecule has 14 heavy (non-hydrogen) atoms. The molecule has 0 spiro atoms. The number of nitrogens with zero attached hydrogens (tertiary/aromatic N) is 1. The summed E-state index contributed by atoms with van der Waals surface area (Å²) in [5.74, 6) is 2.35.